The van der Waals surface area contributed by atoms with Gasteiger partial charge in [0.1, 0.15) is 0 Å². The van der Waals surface area contributed by atoms with E-state index in [9.17, 15) is 0 Å². The van der Waals surface area contributed by atoms with Crippen LogP contribution in [0.3, 0.4) is 0 Å². The molecule has 0 saturated carbocycles. The van der Waals surface area contributed by atoms with E-state index in [1.54, 1.807) is 0 Å². The summed E-state index contributed by atoms with van der Waals surface area (Å²) in [5.74, 6) is 0. The van der Waals surface area contributed by atoms with Gasteiger partial charge in [0.05, 0.1) is 0 Å². The summed E-state index contributed by atoms with van der Waals surface area (Å²) in [6.45, 7) is 5.65. The molecule has 0 aliphatic heterocycles. The molecule has 0 unspecified atom stereocenters. The minimum absolute atomic E-state index is 0.331. The van der Waals surface area contributed by atoms with Crippen LogP contribution >= 0.6 is 0 Å². The molecule has 0 aromatic heterocycles. The molecule has 0 aromatic carbocycles. The Kier molecular flexibility index (Phi) is 3.71. The van der Waals surface area contributed by atoms with Gasteiger partial charge in [0.2, 0.25) is 0 Å². The van der Waals surface area contributed by atoms with Crippen LogP contribution < -0.4 is 5.73 Å². The molecule has 0 aliphatic carbocycles. The van der Waals surface area contributed by atoms with Crippen LogP contribution in [0, 0.1) is 0 Å². The van der Waals surface area contributed by atoms with Gasteiger partial charge >= 0.3 is 0 Å². The quantitative estimate of drug-likeness (QED) is 0.530. The Labute approximate surface area is 45.2 Å². The van der Waals surface area contributed by atoms with Crippen molar-refractivity contribution in [3.63, 3.8) is 0 Å². The lowest BCUT2D eigenvalue weighted by molar-refractivity contribution is 0.660. The molecule has 2 N–H and O–H groups in total. The van der Waals surface area contributed by atoms with Crippen LogP contribution in [0.25, 0.3) is 0 Å². The Morgan fingerprint density at radius 1 is 1.86 bits per heavy atom. The fourth-order valence-electron chi connectivity index (χ4n) is 0.381. The fourth-order valence-corrected chi connectivity index (χ4v) is 0.381. The first kappa shape index (κ1) is 6.70. The Balaban J connectivity index is 2.98. The van der Waals surface area contributed by atoms with Crippen molar-refractivity contribution in [2.24, 2.45) is 5.73 Å². The van der Waals surface area contributed by atoms with Crippen LogP contribution in [0.1, 0.15) is 19.8 Å². The van der Waals surface area contributed by atoms with Crippen molar-refractivity contribution in [2.45, 2.75) is 25.8 Å². The summed E-state index contributed by atoms with van der Waals surface area (Å²) in [6, 6.07) is 0.331. The molecular weight excluding hydrogens is 86.1 g/mol. The lowest BCUT2D eigenvalue weighted by atomic mass is 10.2. The molecule has 42 valence electrons. The molecule has 0 heterocycles. The van der Waals surface area contributed by atoms with Crippen molar-refractivity contribution in [2.75, 3.05) is 0 Å². The van der Waals surface area contributed by atoms with E-state index < -0.39 is 0 Å². The normalized spacial score (nSPS) is 13.4. The number of hydrogen-bond acceptors (Lipinski definition) is 1. The van der Waals surface area contributed by atoms with E-state index in [2.05, 4.69) is 13.5 Å². The molecule has 0 bridgehead atoms. The van der Waals surface area contributed by atoms with E-state index in [-0.39, 0.29) is 0 Å². The third-order valence-electron chi connectivity index (χ3n) is 0.994. The van der Waals surface area contributed by atoms with Crippen molar-refractivity contribution >= 4 is 0 Å². The molecule has 0 aromatic rings. The zero-order valence-corrected chi connectivity index (χ0v) is 4.85. The van der Waals surface area contributed by atoms with E-state index in [1.165, 1.54) is 0 Å². The zero-order chi connectivity index (χ0) is 5.70. The first-order valence-electron chi connectivity index (χ1n) is 2.67. The fraction of sp³-hybridized carbons (Fsp3) is 0.667. The predicted molar refractivity (Wildman–Crippen MR) is 33.1 cm³/mol. The molecule has 0 saturated heterocycles. The second-order valence-electron chi connectivity index (χ2n) is 1.69. The maximum atomic E-state index is 5.51. The Hall–Kier alpha value is -0.300. The van der Waals surface area contributed by atoms with Crippen molar-refractivity contribution in [1.82, 2.24) is 0 Å². The molecular formula is C6H13N. The standard InChI is InChI=1S/C6H13N/c1-3-5-6(7)4-2/h3,6H,1,4-5,7H2,2H3/t6-/m1/s1. The summed E-state index contributed by atoms with van der Waals surface area (Å²) >= 11 is 0. The summed E-state index contributed by atoms with van der Waals surface area (Å²) < 4.78 is 0. The van der Waals surface area contributed by atoms with Gasteiger partial charge in [-0.2, -0.15) is 0 Å². The molecule has 1 heteroatoms. The first-order chi connectivity index (χ1) is 3.31. The third-order valence-corrected chi connectivity index (χ3v) is 0.994. The van der Waals surface area contributed by atoms with E-state index in [0.29, 0.717) is 6.04 Å². The molecule has 0 spiro atoms. The molecule has 7 heavy (non-hydrogen) atoms. The highest BCUT2D eigenvalue weighted by molar-refractivity contribution is 4.73. The average molecular weight is 99.2 g/mol. The maximum Gasteiger partial charge on any atom is 0.00706 e. The Bertz CT molecular complexity index is 50.1. The maximum absolute atomic E-state index is 5.51. The molecule has 0 radical (unpaired) electrons. The van der Waals surface area contributed by atoms with Gasteiger partial charge in [-0.15, -0.1) is 6.58 Å². The smallest absolute Gasteiger partial charge is 0.00706 e. The largest absolute Gasteiger partial charge is 0.327 e. The first-order valence-corrected chi connectivity index (χ1v) is 2.67. The van der Waals surface area contributed by atoms with Crippen molar-refractivity contribution in [3.8, 4) is 0 Å². The van der Waals surface area contributed by atoms with E-state index in [1.807, 2.05) is 6.08 Å². The SMILES string of the molecule is C=CC[C@H](N)CC. The van der Waals surface area contributed by atoms with Crippen LogP contribution in [0.15, 0.2) is 12.7 Å². The lowest BCUT2D eigenvalue weighted by Crippen LogP contribution is -2.16. The summed E-state index contributed by atoms with van der Waals surface area (Å²) in [7, 11) is 0. The van der Waals surface area contributed by atoms with Gasteiger partial charge in [-0.1, -0.05) is 13.0 Å². The van der Waals surface area contributed by atoms with E-state index in [0.717, 1.165) is 12.8 Å². The van der Waals surface area contributed by atoms with Crippen LogP contribution in [0.2, 0.25) is 0 Å². The lowest BCUT2D eigenvalue weighted by Gasteiger charge is -2.00. The van der Waals surface area contributed by atoms with E-state index >= 15 is 0 Å². The van der Waals surface area contributed by atoms with Gasteiger partial charge in [0, 0.05) is 6.04 Å². The molecule has 0 fully saturated rings. The van der Waals surface area contributed by atoms with Gasteiger partial charge in [-0.3, -0.25) is 0 Å². The minimum atomic E-state index is 0.331. The Morgan fingerprint density at radius 2 is 2.43 bits per heavy atom. The van der Waals surface area contributed by atoms with Gasteiger partial charge in [0.25, 0.3) is 0 Å². The highest BCUT2D eigenvalue weighted by atomic mass is 14.6. The minimum Gasteiger partial charge on any atom is -0.327 e. The molecule has 0 rings (SSSR count). The Morgan fingerprint density at radius 3 is 2.57 bits per heavy atom. The zero-order valence-electron chi connectivity index (χ0n) is 4.85. The van der Waals surface area contributed by atoms with Gasteiger partial charge in [-0.05, 0) is 12.8 Å². The van der Waals surface area contributed by atoms with Crippen LogP contribution in [0.4, 0.5) is 0 Å². The molecule has 0 aliphatic rings. The number of hydrogen-bond donors (Lipinski definition) is 1. The van der Waals surface area contributed by atoms with Crippen LogP contribution in [0.5, 0.6) is 0 Å². The molecule has 1 atom stereocenters. The van der Waals surface area contributed by atoms with Crippen molar-refractivity contribution in [1.29, 1.82) is 0 Å². The molecule has 0 amide bonds. The summed E-state index contributed by atoms with van der Waals surface area (Å²) in [5.41, 5.74) is 5.51. The van der Waals surface area contributed by atoms with Gasteiger partial charge in [0.15, 0.2) is 0 Å². The van der Waals surface area contributed by atoms with Crippen LogP contribution in [-0.4, -0.2) is 6.04 Å². The topological polar surface area (TPSA) is 26.0 Å². The highest BCUT2D eigenvalue weighted by Crippen LogP contribution is 1.91. The third kappa shape index (κ3) is 3.53. The highest BCUT2D eigenvalue weighted by Gasteiger charge is 1.90. The van der Waals surface area contributed by atoms with E-state index in [4.69, 9.17) is 5.73 Å². The van der Waals surface area contributed by atoms with Crippen molar-refractivity contribution in [3.05, 3.63) is 12.7 Å². The number of rotatable bonds is 3. The average Bonchev–Trinajstić information content (AvgIpc) is 1.68. The van der Waals surface area contributed by atoms with Crippen LogP contribution in [-0.2, 0) is 0 Å². The molecule has 1 nitrogen and oxygen atoms in total. The van der Waals surface area contributed by atoms with Crippen molar-refractivity contribution < 1.29 is 0 Å². The van der Waals surface area contributed by atoms with Gasteiger partial charge in [-0.25, -0.2) is 0 Å². The summed E-state index contributed by atoms with van der Waals surface area (Å²) in [4.78, 5) is 0. The number of nitrogens with two attached hydrogens (primary N) is 1. The summed E-state index contributed by atoms with van der Waals surface area (Å²) in [6.07, 6.45) is 3.84. The second-order valence-corrected chi connectivity index (χ2v) is 1.69. The summed E-state index contributed by atoms with van der Waals surface area (Å²) in [5, 5.41) is 0. The van der Waals surface area contributed by atoms with Gasteiger partial charge < -0.3 is 5.73 Å². The predicted octanol–water partition coefficient (Wildman–Crippen LogP) is 1.30. The monoisotopic (exact) mass is 99.1 g/mol. The second kappa shape index (κ2) is 3.88.